The van der Waals surface area contributed by atoms with E-state index in [2.05, 4.69) is 18.6 Å². The van der Waals surface area contributed by atoms with Crippen LogP contribution in [-0.2, 0) is 9.47 Å². The minimum absolute atomic E-state index is 0.0256. The predicted octanol–water partition coefficient (Wildman–Crippen LogP) is 3.91. The SMILES string of the molecule is COC(=O)OC1CCC(C(C)(C)C2CCC(O)CC2)CC1. The molecule has 2 rings (SSSR count). The van der Waals surface area contributed by atoms with Gasteiger partial charge in [0.15, 0.2) is 0 Å². The highest BCUT2D eigenvalue weighted by atomic mass is 16.7. The highest BCUT2D eigenvalue weighted by Gasteiger charge is 2.40. The van der Waals surface area contributed by atoms with Crippen LogP contribution in [0.25, 0.3) is 0 Å². The summed E-state index contributed by atoms with van der Waals surface area (Å²) in [5, 5.41) is 9.68. The van der Waals surface area contributed by atoms with Gasteiger partial charge in [-0.3, -0.25) is 0 Å². The quantitative estimate of drug-likeness (QED) is 0.803. The Balaban J connectivity index is 1.84. The van der Waals surface area contributed by atoms with Gasteiger partial charge in [0.25, 0.3) is 0 Å². The average Bonchev–Trinajstić information content (AvgIpc) is 2.48. The first-order chi connectivity index (χ1) is 9.93. The minimum Gasteiger partial charge on any atom is -0.438 e. The van der Waals surface area contributed by atoms with E-state index in [1.165, 1.54) is 7.11 Å². The molecule has 4 heteroatoms. The summed E-state index contributed by atoms with van der Waals surface area (Å²) in [6.45, 7) is 4.78. The second-order valence-electron chi connectivity index (χ2n) is 7.37. The molecule has 2 saturated carbocycles. The maximum absolute atomic E-state index is 11.2. The lowest BCUT2D eigenvalue weighted by atomic mass is 9.60. The first-order valence-corrected chi connectivity index (χ1v) is 8.36. The number of aliphatic hydroxyl groups is 1. The Kier molecular flexibility index (Phi) is 5.53. The Morgan fingerprint density at radius 2 is 1.43 bits per heavy atom. The van der Waals surface area contributed by atoms with E-state index in [9.17, 15) is 9.90 Å². The summed E-state index contributed by atoms with van der Waals surface area (Å²) in [5.41, 5.74) is 0.316. The van der Waals surface area contributed by atoms with Crippen LogP contribution in [0.5, 0.6) is 0 Å². The summed E-state index contributed by atoms with van der Waals surface area (Å²) in [6, 6.07) is 0. The summed E-state index contributed by atoms with van der Waals surface area (Å²) in [6.07, 6.45) is 7.71. The van der Waals surface area contributed by atoms with Gasteiger partial charge in [-0.2, -0.15) is 0 Å². The Bertz CT molecular complexity index is 337. The zero-order chi connectivity index (χ0) is 15.5. The fraction of sp³-hybridized carbons (Fsp3) is 0.941. The molecule has 0 unspecified atom stereocenters. The van der Waals surface area contributed by atoms with E-state index >= 15 is 0 Å². The first kappa shape index (κ1) is 16.6. The number of rotatable bonds is 3. The Morgan fingerprint density at radius 1 is 0.952 bits per heavy atom. The van der Waals surface area contributed by atoms with E-state index in [1.807, 2.05) is 0 Å². The van der Waals surface area contributed by atoms with Gasteiger partial charge in [0, 0.05) is 0 Å². The second-order valence-corrected chi connectivity index (χ2v) is 7.37. The molecular formula is C17H30O4. The van der Waals surface area contributed by atoms with Crippen molar-refractivity contribution in [2.75, 3.05) is 7.11 Å². The van der Waals surface area contributed by atoms with Crippen LogP contribution >= 0.6 is 0 Å². The maximum atomic E-state index is 11.2. The first-order valence-electron chi connectivity index (χ1n) is 8.36. The zero-order valence-electron chi connectivity index (χ0n) is 13.6. The number of carbonyl (C=O) groups is 1. The van der Waals surface area contributed by atoms with E-state index in [0.717, 1.165) is 51.4 Å². The normalized spacial score (nSPS) is 34.3. The van der Waals surface area contributed by atoms with Crippen LogP contribution in [0, 0.1) is 17.3 Å². The molecule has 0 aromatic rings. The van der Waals surface area contributed by atoms with Gasteiger partial charge in [-0.1, -0.05) is 13.8 Å². The molecule has 0 aliphatic heterocycles. The zero-order valence-corrected chi connectivity index (χ0v) is 13.6. The summed E-state index contributed by atoms with van der Waals surface area (Å²) >= 11 is 0. The second kappa shape index (κ2) is 6.99. The van der Waals surface area contributed by atoms with Crippen LogP contribution in [0.3, 0.4) is 0 Å². The Morgan fingerprint density at radius 3 is 1.90 bits per heavy atom. The van der Waals surface area contributed by atoms with Gasteiger partial charge in [0.2, 0.25) is 0 Å². The minimum atomic E-state index is -0.557. The van der Waals surface area contributed by atoms with Crippen molar-refractivity contribution in [3.05, 3.63) is 0 Å². The summed E-state index contributed by atoms with van der Waals surface area (Å²) in [5.74, 6) is 1.40. The smallest absolute Gasteiger partial charge is 0.438 e. The molecule has 0 radical (unpaired) electrons. The largest absolute Gasteiger partial charge is 0.508 e. The lowest BCUT2D eigenvalue weighted by molar-refractivity contribution is -0.0168. The van der Waals surface area contributed by atoms with Gasteiger partial charge in [-0.15, -0.1) is 0 Å². The van der Waals surface area contributed by atoms with Crippen LogP contribution in [0.1, 0.15) is 65.2 Å². The van der Waals surface area contributed by atoms with Crippen LogP contribution < -0.4 is 0 Å². The molecule has 0 amide bonds. The monoisotopic (exact) mass is 298 g/mol. The molecule has 2 fully saturated rings. The summed E-state index contributed by atoms with van der Waals surface area (Å²) in [4.78, 5) is 11.2. The van der Waals surface area contributed by atoms with E-state index < -0.39 is 6.16 Å². The third kappa shape index (κ3) is 4.12. The maximum Gasteiger partial charge on any atom is 0.508 e. The molecule has 0 heterocycles. The Labute approximate surface area is 128 Å². The van der Waals surface area contributed by atoms with Crippen LogP contribution in [0.4, 0.5) is 4.79 Å². The van der Waals surface area contributed by atoms with Crippen molar-refractivity contribution in [2.24, 2.45) is 17.3 Å². The van der Waals surface area contributed by atoms with E-state index in [0.29, 0.717) is 17.3 Å². The van der Waals surface area contributed by atoms with E-state index in [4.69, 9.17) is 4.74 Å². The number of methoxy groups -OCH3 is 1. The number of hydrogen-bond donors (Lipinski definition) is 1. The van der Waals surface area contributed by atoms with Gasteiger partial charge >= 0.3 is 6.16 Å². The number of aliphatic hydroxyl groups excluding tert-OH is 1. The lowest BCUT2D eigenvalue weighted by Crippen LogP contribution is -2.39. The van der Waals surface area contributed by atoms with Crippen molar-refractivity contribution in [3.63, 3.8) is 0 Å². The fourth-order valence-electron chi connectivity index (χ4n) is 4.26. The number of ether oxygens (including phenoxy) is 2. The Hall–Kier alpha value is -0.770. The lowest BCUT2D eigenvalue weighted by Gasteiger charge is -2.46. The predicted molar refractivity (Wildman–Crippen MR) is 81.0 cm³/mol. The van der Waals surface area contributed by atoms with Crippen molar-refractivity contribution in [2.45, 2.75) is 77.4 Å². The van der Waals surface area contributed by atoms with E-state index in [-0.39, 0.29) is 12.2 Å². The summed E-state index contributed by atoms with van der Waals surface area (Å²) < 4.78 is 9.83. The van der Waals surface area contributed by atoms with Gasteiger partial charge in [0.1, 0.15) is 6.10 Å². The van der Waals surface area contributed by atoms with Gasteiger partial charge in [-0.05, 0) is 68.6 Å². The van der Waals surface area contributed by atoms with Crippen molar-refractivity contribution >= 4 is 6.16 Å². The molecule has 0 atom stereocenters. The van der Waals surface area contributed by atoms with Crippen LogP contribution in [0.15, 0.2) is 0 Å². The molecular weight excluding hydrogens is 268 g/mol. The van der Waals surface area contributed by atoms with Crippen molar-refractivity contribution in [1.82, 2.24) is 0 Å². The van der Waals surface area contributed by atoms with E-state index in [1.54, 1.807) is 0 Å². The topological polar surface area (TPSA) is 55.8 Å². The van der Waals surface area contributed by atoms with Gasteiger partial charge in [0.05, 0.1) is 13.2 Å². The molecule has 0 bridgehead atoms. The molecule has 0 spiro atoms. The molecule has 2 aliphatic rings. The molecule has 0 aromatic carbocycles. The van der Waals surface area contributed by atoms with Crippen molar-refractivity contribution in [1.29, 1.82) is 0 Å². The van der Waals surface area contributed by atoms with Crippen LogP contribution in [0.2, 0.25) is 0 Å². The van der Waals surface area contributed by atoms with Crippen molar-refractivity contribution in [3.8, 4) is 0 Å². The molecule has 4 nitrogen and oxygen atoms in total. The molecule has 21 heavy (non-hydrogen) atoms. The number of hydrogen-bond acceptors (Lipinski definition) is 4. The van der Waals surface area contributed by atoms with Crippen molar-refractivity contribution < 1.29 is 19.4 Å². The number of carbonyl (C=O) groups excluding carboxylic acids is 1. The molecule has 2 aliphatic carbocycles. The molecule has 0 aromatic heterocycles. The van der Waals surface area contributed by atoms with Gasteiger partial charge in [-0.25, -0.2) is 4.79 Å². The third-order valence-electron chi connectivity index (χ3n) is 5.90. The molecule has 0 saturated heterocycles. The summed E-state index contributed by atoms with van der Waals surface area (Å²) in [7, 11) is 1.36. The highest BCUT2D eigenvalue weighted by Crippen LogP contribution is 2.48. The van der Waals surface area contributed by atoms with Crippen LogP contribution in [-0.4, -0.2) is 30.6 Å². The molecule has 122 valence electrons. The van der Waals surface area contributed by atoms with Gasteiger partial charge < -0.3 is 14.6 Å². The standard InChI is InChI=1S/C17H30O4/c1-17(2,12-4-8-14(18)9-5-12)13-6-10-15(11-7-13)21-16(19)20-3/h12-15,18H,4-11H2,1-3H3. The molecule has 1 N–H and O–H groups in total. The highest BCUT2D eigenvalue weighted by molar-refractivity contribution is 5.59. The fourth-order valence-corrected chi connectivity index (χ4v) is 4.26. The third-order valence-corrected chi connectivity index (χ3v) is 5.90. The average molecular weight is 298 g/mol.